The Morgan fingerprint density at radius 2 is 2.00 bits per heavy atom. The highest BCUT2D eigenvalue weighted by Gasteiger charge is 1.98. The molecule has 0 saturated heterocycles. The molecule has 0 aliphatic rings. The lowest BCUT2D eigenvalue weighted by Gasteiger charge is -2.04. The van der Waals surface area contributed by atoms with Crippen LogP contribution in [0.4, 0.5) is 0 Å². The third-order valence-electron chi connectivity index (χ3n) is 2.25. The number of hydrogen-bond acceptors (Lipinski definition) is 3. The van der Waals surface area contributed by atoms with E-state index in [1.54, 1.807) is 0 Å². The van der Waals surface area contributed by atoms with Gasteiger partial charge in [-0.25, -0.2) is 0 Å². The Kier molecular flexibility index (Phi) is 12.5. The Bertz CT molecular complexity index is 206. The fourth-order valence-corrected chi connectivity index (χ4v) is 1.25. The van der Waals surface area contributed by atoms with Gasteiger partial charge >= 0.3 is 0 Å². The van der Waals surface area contributed by atoms with Crippen molar-refractivity contribution in [1.29, 1.82) is 0 Å². The quantitative estimate of drug-likeness (QED) is 0.426. The average molecular weight is 242 g/mol. The van der Waals surface area contributed by atoms with Crippen LogP contribution >= 0.6 is 0 Å². The molecule has 0 radical (unpaired) electrons. The summed E-state index contributed by atoms with van der Waals surface area (Å²) in [6.45, 7) is 4.39. The molecule has 100 valence electrons. The number of amides is 1. The van der Waals surface area contributed by atoms with E-state index >= 15 is 0 Å². The van der Waals surface area contributed by atoms with Crippen molar-refractivity contribution in [3.8, 4) is 0 Å². The summed E-state index contributed by atoms with van der Waals surface area (Å²) in [6.07, 6.45) is 8.79. The summed E-state index contributed by atoms with van der Waals surface area (Å²) in [4.78, 5) is 11.2. The molecule has 0 aromatic carbocycles. The maximum atomic E-state index is 11.2. The van der Waals surface area contributed by atoms with E-state index in [1.165, 1.54) is 12.8 Å². The van der Waals surface area contributed by atoms with E-state index in [0.717, 1.165) is 19.4 Å². The van der Waals surface area contributed by atoms with Crippen molar-refractivity contribution in [2.24, 2.45) is 0 Å². The van der Waals surface area contributed by atoms with Crippen LogP contribution in [0.25, 0.3) is 0 Å². The SMILES string of the molecule is CCCC/C=C/CCOCC(=O)NCCNC. The molecule has 0 fully saturated rings. The summed E-state index contributed by atoms with van der Waals surface area (Å²) in [5.74, 6) is -0.0461. The summed E-state index contributed by atoms with van der Waals surface area (Å²) in [5.41, 5.74) is 0. The number of nitrogens with one attached hydrogen (secondary N) is 2. The van der Waals surface area contributed by atoms with Gasteiger partial charge in [-0.2, -0.15) is 0 Å². The van der Waals surface area contributed by atoms with E-state index in [2.05, 4.69) is 29.7 Å². The summed E-state index contributed by atoms with van der Waals surface area (Å²) in [5, 5.41) is 5.72. The van der Waals surface area contributed by atoms with Gasteiger partial charge in [-0.1, -0.05) is 31.9 Å². The minimum absolute atomic E-state index is 0.0461. The van der Waals surface area contributed by atoms with Crippen molar-refractivity contribution in [1.82, 2.24) is 10.6 Å². The molecule has 0 bridgehead atoms. The van der Waals surface area contributed by atoms with Crippen LogP contribution in [-0.4, -0.2) is 39.3 Å². The second kappa shape index (κ2) is 13.2. The maximum Gasteiger partial charge on any atom is 0.246 e. The minimum Gasteiger partial charge on any atom is -0.371 e. The zero-order valence-corrected chi connectivity index (χ0v) is 11.1. The van der Waals surface area contributed by atoms with Gasteiger partial charge in [0.2, 0.25) is 5.91 Å². The maximum absolute atomic E-state index is 11.2. The van der Waals surface area contributed by atoms with Crippen LogP contribution < -0.4 is 10.6 Å². The predicted molar refractivity (Wildman–Crippen MR) is 71.0 cm³/mol. The molecule has 0 heterocycles. The highest BCUT2D eigenvalue weighted by molar-refractivity contribution is 5.77. The zero-order chi connectivity index (χ0) is 12.8. The first-order valence-corrected chi connectivity index (χ1v) is 6.45. The largest absolute Gasteiger partial charge is 0.371 e. The van der Waals surface area contributed by atoms with E-state index in [9.17, 15) is 4.79 Å². The molecule has 0 unspecified atom stereocenters. The van der Waals surface area contributed by atoms with Gasteiger partial charge in [0.15, 0.2) is 0 Å². The highest BCUT2D eigenvalue weighted by Crippen LogP contribution is 1.96. The van der Waals surface area contributed by atoms with E-state index in [1.807, 2.05) is 7.05 Å². The molecule has 0 rings (SSSR count). The second-order valence-electron chi connectivity index (χ2n) is 3.91. The number of carbonyl (C=O) groups is 1. The Morgan fingerprint density at radius 1 is 1.24 bits per heavy atom. The summed E-state index contributed by atoms with van der Waals surface area (Å²) < 4.78 is 5.25. The number of carbonyl (C=O) groups excluding carboxylic acids is 1. The van der Waals surface area contributed by atoms with Gasteiger partial charge in [0.25, 0.3) is 0 Å². The van der Waals surface area contributed by atoms with Crippen LogP contribution in [0.2, 0.25) is 0 Å². The predicted octanol–water partition coefficient (Wildman–Crippen LogP) is 1.48. The molecule has 2 N–H and O–H groups in total. The summed E-state index contributed by atoms with van der Waals surface area (Å²) in [7, 11) is 1.85. The standard InChI is InChI=1S/C13H26N2O2/c1-3-4-5-6-7-8-11-17-12-13(16)15-10-9-14-2/h6-7,14H,3-5,8-12H2,1-2H3,(H,15,16)/b7-6+. The molecule has 4 heteroatoms. The lowest BCUT2D eigenvalue weighted by Crippen LogP contribution is -2.33. The van der Waals surface area contributed by atoms with Crippen molar-refractivity contribution in [3.63, 3.8) is 0 Å². The Labute approximate surface area is 105 Å². The van der Waals surface area contributed by atoms with Crippen molar-refractivity contribution < 1.29 is 9.53 Å². The summed E-state index contributed by atoms with van der Waals surface area (Å²) >= 11 is 0. The van der Waals surface area contributed by atoms with Crippen LogP contribution in [0.15, 0.2) is 12.2 Å². The number of ether oxygens (including phenoxy) is 1. The number of unbranched alkanes of at least 4 members (excludes halogenated alkanes) is 2. The van der Waals surface area contributed by atoms with E-state index < -0.39 is 0 Å². The number of allylic oxidation sites excluding steroid dienone is 1. The van der Waals surface area contributed by atoms with Crippen LogP contribution in [0, 0.1) is 0 Å². The van der Waals surface area contributed by atoms with Crippen LogP contribution in [0.1, 0.15) is 32.6 Å². The molecule has 4 nitrogen and oxygen atoms in total. The highest BCUT2D eigenvalue weighted by atomic mass is 16.5. The molecule has 17 heavy (non-hydrogen) atoms. The molecular weight excluding hydrogens is 216 g/mol. The van der Waals surface area contributed by atoms with Crippen molar-refractivity contribution in [2.45, 2.75) is 32.6 Å². The van der Waals surface area contributed by atoms with E-state index in [-0.39, 0.29) is 12.5 Å². The van der Waals surface area contributed by atoms with Gasteiger partial charge < -0.3 is 15.4 Å². The first-order valence-electron chi connectivity index (χ1n) is 6.45. The Balaban J connectivity index is 3.21. The Hall–Kier alpha value is -0.870. The fraction of sp³-hybridized carbons (Fsp3) is 0.769. The molecule has 0 aromatic heterocycles. The minimum atomic E-state index is -0.0461. The van der Waals surface area contributed by atoms with E-state index in [0.29, 0.717) is 13.2 Å². The number of likely N-dealkylation sites (N-methyl/N-ethyl adjacent to an activating group) is 1. The van der Waals surface area contributed by atoms with Gasteiger partial charge in [-0.05, 0) is 19.9 Å². The lowest BCUT2D eigenvalue weighted by molar-refractivity contribution is -0.125. The smallest absolute Gasteiger partial charge is 0.246 e. The normalized spacial score (nSPS) is 10.9. The van der Waals surface area contributed by atoms with Crippen molar-refractivity contribution in [2.75, 3.05) is 33.4 Å². The monoisotopic (exact) mass is 242 g/mol. The third-order valence-corrected chi connectivity index (χ3v) is 2.25. The molecule has 1 amide bonds. The van der Waals surface area contributed by atoms with E-state index in [4.69, 9.17) is 4.74 Å². The molecule has 0 aliphatic carbocycles. The number of rotatable bonds is 11. The lowest BCUT2D eigenvalue weighted by atomic mass is 10.2. The average Bonchev–Trinajstić information content (AvgIpc) is 2.33. The first kappa shape index (κ1) is 16.1. The van der Waals surface area contributed by atoms with Crippen molar-refractivity contribution >= 4 is 5.91 Å². The van der Waals surface area contributed by atoms with Gasteiger partial charge in [0.05, 0.1) is 6.61 Å². The fourth-order valence-electron chi connectivity index (χ4n) is 1.25. The third kappa shape index (κ3) is 13.1. The molecule has 0 spiro atoms. The van der Waals surface area contributed by atoms with Crippen LogP contribution in [-0.2, 0) is 9.53 Å². The Morgan fingerprint density at radius 3 is 2.71 bits per heavy atom. The molecule has 0 saturated carbocycles. The van der Waals surface area contributed by atoms with Gasteiger partial charge in [0, 0.05) is 13.1 Å². The zero-order valence-electron chi connectivity index (χ0n) is 11.1. The van der Waals surface area contributed by atoms with Crippen LogP contribution in [0.5, 0.6) is 0 Å². The first-order chi connectivity index (χ1) is 8.31. The molecule has 0 atom stereocenters. The van der Waals surface area contributed by atoms with Gasteiger partial charge in [-0.3, -0.25) is 4.79 Å². The van der Waals surface area contributed by atoms with Gasteiger partial charge in [-0.15, -0.1) is 0 Å². The molecular formula is C13H26N2O2. The summed E-state index contributed by atoms with van der Waals surface area (Å²) in [6, 6.07) is 0. The van der Waals surface area contributed by atoms with Crippen LogP contribution in [0.3, 0.4) is 0 Å². The van der Waals surface area contributed by atoms with Crippen molar-refractivity contribution in [3.05, 3.63) is 12.2 Å². The topological polar surface area (TPSA) is 50.4 Å². The van der Waals surface area contributed by atoms with Gasteiger partial charge in [0.1, 0.15) is 6.61 Å². The second-order valence-corrected chi connectivity index (χ2v) is 3.91. The number of hydrogen-bond donors (Lipinski definition) is 2. The molecule has 0 aliphatic heterocycles. The molecule has 0 aromatic rings.